The minimum absolute atomic E-state index is 0.0392. The number of aliphatic carboxylic acids is 2. The van der Waals surface area contributed by atoms with Gasteiger partial charge in [-0.15, -0.1) is 22.9 Å². The van der Waals surface area contributed by atoms with Gasteiger partial charge in [0.15, 0.2) is 4.87 Å². The van der Waals surface area contributed by atoms with Crippen LogP contribution in [0.2, 0.25) is 0 Å². The lowest BCUT2D eigenvalue weighted by Crippen LogP contribution is -2.32. The maximum Gasteiger partial charge on any atom is 0.336 e. The molecule has 2 N–H and O–H groups in total. The summed E-state index contributed by atoms with van der Waals surface area (Å²) < 4.78 is 0. The Bertz CT molecular complexity index is 559. The molecule has 0 saturated carbocycles. The Hall–Kier alpha value is -1.59. The molecule has 1 aromatic rings. The molecule has 1 unspecified atom stereocenters. The average Bonchev–Trinajstić information content (AvgIpc) is 2.81. The molecule has 1 atom stereocenters. The molecule has 1 heterocycles. The van der Waals surface area contributed by atoms with Crippen LogP contribution in [0.4, 0.5) is 0 Å². The van der Waals surface area contributed by atoms with Gasteiger partial charge < -0.3 is 10.2 Å². The van der Waals surface area contributed by atoms with Crippen molar-refractivity contribution >= 4 is 40.4 Å². The zero-order chi connectivity index (χ0) is 13.3. The van der Waals surface area contributed by atoms with Gasteiger partial charge in [-0.3, -0.25) is 0 Å². The summed E-state index contributed by atoms with van der Waals surface area (Å²) in [5.74, 6) is -2.27. The topological polar surface area (TPSA) is 74.6 Å². The van der Waals surface area contributed by atoms with Crippen LogP contribution in [0.5, 0.6) is 0 Å². The molecular weight excluding hydrogens is 276 g/mol. The Balaban J connectivity index is 2.51. The zero-order valence-electron chi connectivity index (χ0n) is 9.09. The summed E-state index contributed by atoms with van der Waals surface area (Å²) in [5.41, 5.74) is 0.548. The van der Waals surface area contributed by atoms with E-state index in [4.69, 9.17) is 21.8 Å². The monoisotopic (exact) mass is 284 g/mol. The third kappa shape index (κ3) is 2.19. The number of allylic oxidation sites excluding steroid dienone is 1. The van der Waals surface area contributed by atoms with E-state index in [9.17, 15) is 9.59 Å². The number of alkyl halides is 1. The summed E-state index contributed by atoms with van der Waals surface area (Å²) >= 11 is 7.34. The van der Waals surface area contributed by atoms with Gasteiger partial charge in [-0.2, -0.15) is 0 Å². The Morgan fingerprint density at radius 2 is 2.11 bits per heavy atom. The van der Waals surface area contributed by atoms with Crippen LogP contribution in [0.15, 0.2) is 35.2 Å². The summed E-state index contributed by atoms with van der Waals surface area (Å²) in [6.07, 6.45) is 2.45. The highest BCUT2D eigenvalue weighted by Crippen LogP contribution is 2.39. The van der Waals surface area contributed by atoms with Crippen LogP contribution in [-0.4, -0.2) is 27.0 Å². The number of rotatable bonds is 3. The van der Waals surface area contributed by atoms with E-state index >= 15 is 0 Å². The van der Waals surface area contributed by atoms with Crippen molar-refractivity contribution in [2.24, 2.45) is 0 Å². The molecule has 6 heteroatoms. The highest BCUT2D eigenvalue weighted by Gasteiger charge is 2.39. The molecule has 94 valence electrons. The molecule has 1 aliphatic rings. The van der Waals surface area contributed by atoms with E-state index in [1.165, 1.54) is 23.5 Å². The molecule has 0 radical (unpaired) electrons. The number of halogens is 1. The first-order chi connectivity index (χ1) is 8.44. The molecule has 0 fully saturated rings. The first-order valence-electron chi connectivity index (χ1n) is 5.06. The van der Waals surface area contributed by atoms with Crippen LogP contribution in [-0.2, 0) is 9.59 Å². The fourth-order valence-corrected chi connectivity index (χ4v) is 2.73. The second kappa shape index (κ2) is 4.59. The molecule has 4 nitrogen and oxygen atoms in total. The van der Waals surface area contributed by atoms with Crippen LogP contribution < -0.4 is 0 Å². The van der Waals surface area contributed by atoms with Crippen LogP contribution in [0, 0.1) is 0 Å². The van der Waals surface area contributed by atoms with E-state index in [-0.39, 0.29) is 12.0 Å². The zero-order valence-corrected chi connectivity index (χ0v) is 10.7. The predicted molar refractivity (Wildman–Crippen MR) is 68.9 cm³/mol. The number of hydrogen-bond donors (Lipinski definition) is 2. The van der Waals surface area contributed by atoms with Gasteiger partial charge in [0, 0.05) is 11.3 Å². The van der Waals surface area contributed by atoms with Gasteiger partial charge in [-0.05, 0) is 23.1 Å². The van der Waals surface area contributed by atoms with E-state index < -0.39 is 16.8 Å². The molecule has 0 spiro atoms. The molecular formula is C12H9ClO4S. The molecule has 18 heavy (non-hydrogen) atoms. The normalized spacial score (nSPS) is 23.2. The molecule has 0 saturated heterocycles. The van der Waals surface area contributed by atoms with Crippen molar-refractivity contribution in [3.05, 3.63) is 40.1 Å². The fourth-order valence-electron chi connectivity index (χ4n) is 1.74. The SMILES string of the molecule is O=C(O)C1=C(c2cccs2)CC(Cl)(C(=O)O)C=C1. The second-order valence-electron chi connectivity index (χ2n) is 3.85. The van der Waals surface area contributed by atoms with Gasteiger partial charge in [0.1, 0.15) is 0 Å². The lowest BCUT2D eigenvalue weighted by Gasteiger charge is -2.24. The lowest BCUT2D eigenvalue weighted by molar-refractivity contribution is -0.139. The van der Waals surface area contributed by atoms with Crippen LogP contribution in [0.25, 0.3) is 5.57 Å². The second-order valence-corrected chi connectivity index (χ2v) is 5.47. The van der Waals surface area contributed by atoms with E-state index in [1.807, 2.05) is 0 Å². The number of carbonyl (C=O) groups is 2. The predicted octanol–water partition coefficient (Wildman–Crippen LogP) is 2.61. The van der Waals surface area contributed by atoms with E-state index in [0.717, 1.165) is 4.88 Å². The summed E-state index contributed by atoms with van der Waals surface area (Å²) in [4.78, 5) is 21.4. The average molecular weight is 285 g/mol. The van der Waals surface area contributed by atoms with E-state index in [0.29, 0.717) is 5.57 Å². The molecule has 0 bridgehead atoms. The first-order valence-corrected chi connectivity index (χ1v) is 6.32. The van der Waals surface area contributed by atoms with E-state index in [2.05, 4.69) is 0 Å². The maximum atomic E-state index is 11.1. The van der Waals surface area contributed by atoms with Gasteiger partial charge in [0.2, 0.25) is 0 Å². The summed E-state index contributed by atoms with van der Waals surface area (Å²) in [6, 6.07) is 3.53. The Morgan fingerprint density at radius 3 is 2.61 bits per heavy atom. The van der Waals surface area contributed by atoms with Gasteiger partial charge in [0.05, 0.1) is 5.57 Å². The van der Waals surface area contributed by atoms with Crippen LogP contribution in [0.3, 0.4) is 0 Å². The van der Waals surface area contributed by atoms with Crippen molar-refractivity contribution in [1.29, 1.82) is 0 Å². The third-order valence-electron chi connectivity index (χ3n) is 2.68. The van der Waals surface area contributed by atoms with Gasteiger partial charge in [-0.1, -0.05) is 12.1 Å². The number of carboxylic acid groups (broad SMARTS) is 2. The molecule has 1 aromatic heterocycles. The van der Waals surface area contributed by atoms with Crippen molar-refractivity contribution in [3.8, 4) is 0 Å². The molecule has 0 amide bonds. The van der Waals surface area contributed by atoms with Crippen molar-refractivity contribution in [3.63, 3.8) is 0 Å². The van der Waals surface area contributed by atoms with Crippen LogP contribution in [0.1, 0.15) is 11.3 Å². The van der Waals surface area contributed by atoms with Gasteiger partial charge in [-0.25, -0.2) is 9.59 Å². The molecule has 1 aliphatic carbocycles. The Labute approximate surface area is 112 Å². The van der Waals surface area contributed by atoms with Gasteiger partial charge >= 0.3 is 11.9 Å². The quantitative estimate of drug-likeness (QED) is 0.837. The Kier molecular flexibility index (Phi) is 3.28. The first kappa shape index (κ1) is 12.9. The summed E-state index contributed by atoms with van der Waals surface area (Å²) in [5, 5.41) is 20.0. The number of thiophene rings is 1. The lowest BCUT2D eigenvalue weighted by atomic mass is 9.88. The molecule has 0 aliphatic heterocycles. The van der Waals surface area contributed by atoms with Crippen molar-refractivity contribution < 1.29 is 19.8 Å². The highest BCUT2D eigenvalue weighted by atomic mass is 35.5. The molecule has 2 rings (SSSR count). The van der Waals surface area contributed by atoms with Crippen molar-refractivity contribution in [2.75, 3.05) is 0 Å². The van der Waals surface area contributed by atoms with Crippen molar-refractivity contribution in [2.45, 2.75) is 11.3 Å². The molecule has 0 aromatic carbocycles. The largest absolute Gasteiger partial charge is 0.480 e. The van der Waals surface area contributed by atoms with Crippen molar-refractivity contribution in [1.82, 2.24) is 0 Å². The number of carboxylic acids is 2. The third-order valence-corrected chi connectivity index (χ3v) is 4.03. The summed E-state index contributed by atoms with van der Waals surface area (Å²) in [7, 11) is 0. The van der Waals surface area contributed by atoms with Gasteiger partial charge in [0.25, 0.3) is 0 Å². The minimum Gasteiger partial charge on any atom is -0.480 e. The Morgan fingerprint density at radius 1 is 1.39 bits per heavy atom. The highest BCUT2D eigenvalue weighted by molar-refractivity contribution is 7.11. The van der Waals surface area contributed by atoms with E-state index in [1.54, 1.807) is 17.5 Å². The smallest absolute Gasteiger partial charge is 0.336 e. The minimum atomic E-state index is -1.57. The standard InChI is InChI=1S/C12H9ClO4S/c13-12(11(16)17)4-3-7(10(14)15)8(6-12)9-2-1-5-18-9/h1-5H,6H2,(H,14,15)(H,16,17). The fraction of sp³-hybridized carbons (Fsp3) is 0.167. The maximum absolute atomic E-state index is 11.1. The summed E-state index contributed by atoms with van der Waals surface area (Å²) in [6.45, 7) is 0. The van der Waals surface area contributed by atoms with Crippen LogP contribution >= 0.6 is 22.9 Å². The number of hydrogen-bond acceptors (Lipinski definition) is 3.